The summed E-state index contributed by atoms with van der Waals surface area (Å²) in [5, 5.41) is 4.14. The number of rotatable bonds is 14. The van der Waals surface area contributed by atoms with Crippen LogP contribution in [0, 0.1) is 5.92 Å². The monoisotopic (exact) mass is 443 g/mol. The van der Waals surface area contributed by atoms with Gasteiger partial charge in [-0.3, -0.25) is 4.79 Å². The first-order valence-electron chi connectivity index (χ1n) is 11.0. The molecular formula is C22H41NO6Si. The van der Waals surface area contributed by atoms with E-state index in [0.717, 1.165) is 19.4 Å². The molecule has 1 aromatic heterocycles. The topological polar surface area (TPSA) is 80.0 Å². The Hall–Kier alpha value is -1.38. The molecule has 0 N–H and O–H groups in total. The summed E-state index contributed by atoms with van der Waals surface area (Å²) in [6.07, 6.45) is 1.64. The Labute approximate surface area is 182 Å². The van der Waals surface area contributed by atoms with Crippen LogP contribution in [0.4, 0.5) is 0 Å². The zero-order chi connectivity index (χ0) is 22.8. The Morgan fingerprint density at radius 1 is 1.13 bits per heavy atom. The quantitative estimate of drug-likeness (QED) is 0.223. The molecule has 0 aliphatic rings. The summed E-state index contributed by atoms with van der Waals surface area (Å²) in [5.41, 5.74) is 0. The first-order chi connectivity index (χ1) is 14.0. The number of carbonyl (C=O) groups excluding carboxylic acids is 1. The van der Waals surface area contributed by atoms with Crippen molar-refractivity contribution in [3.63, 3.8) is 0 Å². The highest BCUT2D eigenvalue weighted by atomic mass is 28.4. The molecule has 1 aromatic rings. The van der Waals surface area contributed by atoms with Crippen LogP contribution in [-0.4, -0.2) is 52.5 Å². The third-order valence-electron chi connectivity index (χ3n) is 5.41. The highest BCUT2D eigenvalue weighted by Gasteiger charge is 2.36. The van der Waals surface area contributed by atoms with Crippen LogP contribution in [0.2, 0.25) is 18.1 Å². The Kier molecular flexibility index (Phi) is 11.1. The molecule has 0 saturated heterocycles. The SMILES string of the molecule is CCOC(=O)C(c1cc(OCCCOCCCO[Si](C)(C)C(C)(C)C)no1)C(C)C. The Morgan fingerprint density at radius 3 is 2.33 bits per heavy atom. The van der Waals surface area contributed by atoms with Crippen molar-refractivity contribution in [3.8, 4) is 5.88 Å². The summed E-state index contributed by atoms with van der Waals surface area (Å²) in [7, 11) is -1.67. The van der Waals surface area contributed by atoms with Gasteiger partial charge in [-0.05, 0) is 42.6 Å². The highest BCUT2D eigenvalue weighted by Crippen LogP contribution is 2.36. The fourth-order valence-electron chi connectivity index (χ4n) is 2.58. The lowest BCUT2D eigenvalue weighted by Gasteiger charge is -2.36. The van der Waals surface area contributed by atoms with Gasteiger partial charge in [0.25, 0.3) is 5.88 Å². The van der Waals surface area contributed by atoms with Gasteiger partial charge in [0.1, 0.15) is 5.92 Å². The second kappa shape index (κ2) is 12.5. The van der Waals surface area contributed by atoms with Crippen molar-refractivity contribution in [1.29, 1.82) is 0 Å². The van der Waals surface area contributed by atoms with E-state index in [-0.39, 0.29) is 16.9 Å². The third-order valence-corrected chi connectivity index (χ3v) is 9.94. The standard InChI is InChI=1S/C22H41NO6Si/c1-9-26-21(24)20(17(2)3)18-16-19(23-29-18)27-14-10-12-25-13-11-15-28-30(7,8)22(4,5)6/h16-17,20H,9-15H2,1-8H3. The first-order valence-corrected chi connectivity index (χ1v) is 13.9. The van der Waals surface area contributed by atoms with Crippen molar-refractivity contribution in [2.45, 2.75) is 78.4 Å². The number of aromatic nitrogens is 1. The molecule has 174 valence electrons. The molecule has 1 heterocycles. The van der Waals surface area contributed by atoms with E-state index < -0.39 is 14.2 Å². The Morgan fingerprint density at radius 2 is 1.77 bits per heavy atom. The summed E-state index contributed by atoms with van der Waals surface area (Å²) < 4.78 is 27.8. The summed E-state index contributed by atoms with van der Waals surface area (Å²) in [6, 6.07) is 1.67. The maximum atomic E-state index is 12.1. The largest absolute Gasteiger partial charge is 0.475 e. The number of hydrogen-bond donors (Lipinski definition) is 0. The first kappa shape index (κ1) is 26.7. The fraction of sp³-hybridized carbons (Fsp3) is 0.818. The molecule has 0 aromatic carbocycles. The zero-order valence-corrected chi connectivity index (χ0v) is 21.1. The second-order valence-corrected chi connectivity index (χ2v) is 14.1. The summed E-state index contributed by atoms with van der Waals surface area (Å²) in [6.45, 7) is 19.8. The molecule has 0 fully saturated rings. The molecular weight excluding hydrogens is 402 g/mol. The van der Waals surface area contributed by atoms with Crippen molar-refractivity contribution < 1.29 is 28.0 Å². The van der Waals surface area contributed by atoms with E-state index in [2.05, 4.69) is 39.0 Å². The molecule has 1 atom stereocenters. The van der Waals surface area contributed by atoms with Crippen molar-refractivity contribution in [2.75, 3.05) is 33.0 Å². The maximum Gasteiger partial charge on any atom is 0.317 e. The average molecular weight is 444 g/mol. The minimum atomic E-state index is -1.67. The summed E-state index contributed by atoms with van der Waals surface area (Å²) in [5.74, 6) is 0.103. The van der Waals surface area contributed by atoms with E-state index in [1.54, 1.807) is 13.0 Å². The third kappa shape index (κ3) is 8.77. The van der Waals surface area contributed by atoms with Gasteiger partial charge in [-0.15, -0.1) is 0 Å². The van der Waals surface area contributed by atoms with Gasteiger partial charge in [0.15, 0.2) is 14.1 Å². The van der Waals surface area contributed by atoms with Gasteiger partial charge in [-0.25, -0.2) is 0 Å². The lowest BCUT2D eigenvalue weighted by molar-refractivity contribution is -0.146. The molecule has 7 nitrogen and oxygen atoms in total. The van der Waals surface area contributed by atoms with Gasteiger partial charge >= 0.3 is 5.97 Å². The van der Waals surface area contributed by atoms with Gasteiger partial charge in [0.05, 0.1) is 13.2 Å². The van der Waals surface area contributed by atoms with Crippen LogP contribution >= 0.6 is 0 Å². The molecule has 0 bridgehead atoms. The molecule has 30 heavy (non-hydrogen) atoms. The van der Waals surface area contributed by atoms with E-state index in [9.17, 15) is 4.79 Å². The van der Waals surface area contributed by atoms with Gasteiger partial charge in [-0.2, -0.15) is 0 Å². The minimum Gasteiger partial charge on any atom is -0.475 e. The van der Waals surface area contributed by atoms with Crippen LogP contribution in [0.1, 0.15) is 66.1 Å². The van der Waals surface area contributed by atoms with Crippen molar-refractivity contribution >= 4 is 14.3 Å². The number of hydrogen-bond acceptors (Lipinski definition) is 7. The number of esters is 1. The van der Waals surface area contributed by atoms with E-state index >= 15 is 0 Å². The van der Waals surface area contributed by atoms with Crippen LogP contribution in [0.25, 0.3) is 0 Å². The predicted molar refractivity (Wildman–Crippen MR) is 119 cm³/mol. The number of ether oxygens (including phenoxy) is 3. The van der Waals surface area contributed by atoms with Crippen molar-refractivity contribution in [1.82, 2.24) is 5.16 Å². The summed E-state index contributed by atoms with van der Waals surface area (Å²) in [4.78, 5) is 12.1. The zero-order valence-electron chi connectivity index (χ0n) is 20.1. The van der Waals surface area contributed by atoms with E-state index in [4.69, 9.17) is 23.2 Å². The minimum absolute atomic E-state index is 0.0406. The second-order valence-electron chi connectivity index (χ2n) is 9.32. The van der Waals surface area contributed by atoms with E-state index in [1.807, 2.05) is 13.8 Å². The van der Waals surface area contributed by atoms with Crippen LogP contribution < -0.4 is 4.74 Å². The van der Waals surface area contributed by atoms with Crippen LogP contribution in [0.5, 0.6) is 5.88 Å². The summed E-state index contributed by atoms with van der Waals surface area (Å²) >= 11 is 0. The van der Waals surface area contributed by atoms with Crippen molar-refractivity contribution in [3.05, 3.63) is 11.8 Å². The van der Waals surface area contributed by atoms with Gasteiger partial charge < -0.3 is 23.2 Å². The van der Waals surface area contributed by atoms with E-state index in [0.29, 0.717) is 38.1 Å². The van der Waals surface area contributed by atoms with Crippen molar-refractivity contribution in [2.24, 2.45) is 5.92 Å². The van der Waals surface area contributed by atoms with Crippen LogP contribution in [0.3, 0.4) is 0 Å². The normalized spacial score (nSPS) is 13.5. The molecule has 1 unspecified atom stereocenters. The molecule has 0 aliphatic carbocycles. The average Bonchev–Trinajstić information content (AvgIpc) is 3.07. The fourth-order valence-corrected chi connectivity index (χ4v) is 3.67. The molecule has 0 spiro atoms. The molecule has 0 aliphatic heterocycles. The number of carbonyl (C=O) groups is 1. The van der Waals surface area contributed by atoms with Crippen LogP contribution in [0.15, 0.2) is 10.6 Å². The van der Waals surface area contributed by atoms with Crippen LogP contribution in [-0.2, 0) is 18.7 Å². The highest BCUT2D eigenvalue weighted by molar-refractivity contribution is 6.74. The maximum absolute atomic E-state index is 12.1. The van der Waals surface area contributed by atoms with Gasteiger partial charge in [0.2, 0.25) is 0 Å². The Bertz CT molecular complexity index is 623. The van der Waals surface area contributed by atoms with Gasteiger partial charge in [0, 0.05) is 32.3 Å². The molecule has 1 rings (SSSR count). The van der Waals surface area contributed by atoms with Gasteiger partial charge in [-0.1, -0.05) is 34.6 Å². The molecule has 0 amide bonds. The molecule has 0 saturated carbocycles. The predicted octanol–water partition coefficient (Wildman–Crippen LogP) is 5.17. The lowest BCUT2D eigenvalue weighted by atomic mass is 9.93. The lowest BCUT2D eigenvalue weighted by Crippen LogP contribution is -2.41. The van der Waals surface area contributed by atoms with E-state index in [1.165, 1.54) is 0 Å². The molecule has 8 heteroatoms. The smallest absolute Gasteiger partial charge is 0.317 e. The Balaban J connectivity index is 2.23. The molecule has 0 radical (unpaired) electrons. The number of nitrogens with zero attached hydrogens (tertiary/aromatic N) is 1.